The predicted molar refractivity (Wildman–Crippen MR) is 155 cm³/mol. The number of fused-ring (bicyclic) bond motifs is 1. The summed E-state index contributed by atoms with van der Waals surface area (Å²) in [5, 5.41) is 10.8. The first-order chi connectivity index (χ1) is 20.8. The first kappa shape index (κ1) is 31.0. The lowest BCUT2D eigenvalue weighted by molar-refractivity contribution is -0.139. The van der Waals surface area contributed by atoms with Crippen molar-refractivity contribution in [2.24, 2.45) is 11.8 Å². The number of hydrogen-bond donors (Lipinski definition) is 1. The van der Waals surface area contributed by atoms with Crippen LogP contribution in [0, 0.1) is 17.7 Å². The van der Waals surface area contributed by atoms with Gasteiger partial charge in [-0.05, 0) is 75.3 Å². The van der Waals surface area contributed by atoms with Crippen LogP contribution in [-0.4, -0.2) is 37.6 Å². The number of aromatic carboxylic acids is 1. The van der Waals surface area contributed by atoms with E-state index in [0.717, 1.165) is 36.4 Å². The van der Waals surface area contributed by atoms with Crippen LogP contribution < -0.4 is 9.64 Å². The molecule has 3 heterocycles. The van der Waals surface area contributed by atoms with Crippen molar-refractivity contribution < 1.29 is 37.0 Å². The van der Waals surface area contributed by atoms with Crippen LogP contribution in [0.15, 0.2) is 55.0 Å². The number of carbonyl (C=O) groups excluding carboxylic acids is 1. The lowest BCUT2D eigenvalue weighted by atomic mass is 9.82. The third kappa shape index (κ3) is 6.39. The van der Waals surface area contributed by atoms with E-state index in [-0.39, 0.29) is 29.6 Å². The maximum Gasteiger partial charge on any atom is 0.421 e. The molecule has 1 N–H and O–H groups in total. The van der Waals surface area contributed by atoms with Gasteiger partial charge in [0.15, 0.2) is 11.6 Å². The minimum Gasteiger partial charge on any atom is -0.478 e. The lowest BCUT2D eigenvalue weighted by Crippen LogP contribution is -2.43. The Bertz CT molecular complexity index is 1690. The standard InChI is InChI=1S/C32H32F4N4O4/c1-18(2)40(30(41)22-8-6-19(3)7-9-22)26-15-25(33)27(14-23(26)31(42)43)44-29-24(32(34,35)36)13-20(16-38-29)17-39-12-10-21-5-4-11-37-28(21)39/h4-5,10-16,18-19,22H,6-9,17H2,1-3H3,(H,42,43). The molecule has 44 heavy (non-hydrogen) atoms. The molecule has 0 saturated heterocycles. The molecule has 0 bridgehead atoms. The summed E-state index contributed by atoms with van der Waals surface area (Å²) in [4.78, 5) is 35.2. The second-order valence-corrected chi connectivity index (χ2v) is 11.5. The van der Waals surface area contributed by atoms with Crippen molar-refractivity contribution in [1.82, 2.24) is 14.5 Å². The quantitative estimate of drug-likeness (QED) is 0.205. The molecule has 0 unspecified atom stereocenters. The highest BCUT2D eigenvalue weighted by molar-refractivity contribution is 6.03. The predicted octanol–water partition coefficient (Wildman–Crippen LogP) is 7.70. The van der Waals surface area contributed by atoms with Crippen molar-refractivity contribution in [2.75, 3.05) is 4.90 Å². The first-order valence-corrected chi connectivity index (χ1v) is 14.4. The SMILES string of the molecule is CC1CCC(C(=O)N(c2cc(F)c(Oc3ncc(Cn4ccc5cccnc54)cc3C(F)(F)F)cc2C(=O)O)C(C)C)CC1. The molecule has 3 aromatic heterocycles. The number of carboxylic acids is 1. The van der Waals surface area contributed by atoms with E-state index in [4.69, 9.17) is 4.74 Å². The number of halogens is 4. The lowest BCUT2D eigenvalue weighted by Gasteiger charge is -2.34. The average Bonchev–Trinajstić information content (AvgIpc) is 3.37. The molecule has 1 amide bonds. The summed E-state index contributed by atoms with van der Waals surface area (Å²) in [6.45, 7) is 5.50. The topological polar surface area (TPSA) is 97.6 Å². The van der Waals surface area contributed by atoms with Gasteiger partial charge in [-0.3, -0.25) is 4.79 Å². The van der Waals surface area contributed by atoms with E-state index in [9.17, 15) is 27.9 Å². The van der Waals surface area contributed by atoms with E-state index in [1.807, 2.05) is 6.07 Å². The molecule has 0 radical (unpaired) electrons. The highest BCUT2D eigenvalue weighted by Crippen LogP contribution is 2.40. The summed E-state index contributed by atoms with van der Waals surface area (Å²) < 4.78 is 64.9. The number of nitrogens with zero attached hydrogens (tertiary/aromatic N) is 4. The van der Waals surface area contributed by atoms with Crippen LogP contribution in [0.3, 0.4) is 0 Å². The van der Waals surface area contributed by atoms with E-state index in [0.29, 0.717) is 24.4 Å². The number of anilines is 1. The largest absolute Gasteiger partial charge is 0.478 e. The van der Waals surface area contributed by atoms with Crippen molar-refractivity contribution in [1.29, 1.82) is 0 Å². The van der Waals surface area contributed by atoms with Crippen LogP contribution in [0.2, 0.25) is 0 Å². The van der Waals surface area contributed by atoms with Gasteiger partial charge in [-0.25, -0.2) is 19.2 Å². The first-order valence-electron chi connectivity index (χ1n) is 14.4. The number of benzene rings is 1. The number of rotatable bonds is 8. The molecule has 1 fully saturated rings. The monoisotopic (exact) mass is 612 g/mol. The molecule has 1 aliphatic rings. The average molecular weight is 613 g/mol. The number of amides is 1. The number of carbonyl (C=O) groups is 2. The molecule has 1 saturated carbocycles. The normalized spacial score (nSPS) is 17.2. The number of pyridine rings is 2. The van der Waals surface area contributed by atoms with Gasteiger partial charge in [0.25, 0.3) is 0 Å². The number of alkyl halides is 3. The molecule has 232 valence electrons. The van der Waals surface area contributed by atoms with Crippen LogP contribution in [0.1, 0.15) is 67.9 Å². The molecule has 0 aliphatic heterocycles. The van der Waals surface area contributed by atoms with Crippen molar-refractivity contribution in [3.05, 3.63) is 77.5 Å². The van der Waals surface area contributed by atoms with Crippen molar-refractivity contribution in [3.8, 4) is 11.6 Å². The van der Waals surface area contributed by atoms with Crippen molar-refractivity contribution in [2.45, 2.75) is 65.2 Å². The van der Waals surface area contributed by atoms with E-state index in [2.05, 4.69) is 16.9 Å². The van der Waals surface area contributed by atoms with Gasteiger partial charge in [0, 0.05) is 48.1 Å². The Labute approximate surface area is 251 Å². The maximum atomic E-state index is 15.5. The van der Waals surface area contributed by atoms with Gasteiger partial charge >= 0.3 is 12.1 Å². The van der Waals surface area contributed by atoms with Crippen LogP contribution in [-0.2, 0) is 17.5 Å². The van der Waals surface area contributed by atoms with Gasteiger partial charge in [-0.2, -0.15) is 13.2 Å². The Balaban J connectivity index is 1.48. The van der Waals surface area contributed by atoms with Crippen LogP contribution in [0.4, 0.5) is 23.2 Å². The number of hydrogen-bond acceptors (Lipinski definition) is 5. The van der Waals surface area contributed by atoms with Crippen LogP contribution in [0.25, 0.3) is 11.0 Å². The molecule has 12 heteroatoms. The van der Waals surface area contributed by atoms with Crippen molar-refractivity contribution in [3.63, 3.8) is 0 Å². The number of carboxylic acid groups (broad SMARTS) is 1. The maximum absolute atomic E-state index is 15.5. The molecular formula is C32H32F4N4O4. The fraction of sp³-hybridized carbons (Fsp3) is 0.375. The van der Waals surface area contributed by atoms with Gasteiger partial charge < -0.3 is 19.3 Å². The van der Waals surface area contributed by atoms with Gasteiger partial charge in [0.2, 0.25) is 11.8 Å². The fourth-order valence-corrected chi connectivity index (χ4v) is 5.66. The molecule has 4 aromatic rings. The summed E-state index contributed by atoms with van der Waals surface area (Å²) in [5.41, 5.74) is -1.15. The highest BCUT2D eigenvalue weighted by atomic mass is 19.4. The van der Waals surface area contributed by atoms with Gasteiger partial charge in [0.05, 0.1) is 17.8 Å². The van der Waals surface area contributed by atoms with E-state index in [1.54, 1.807) is 42.9 Å². The summed E-state index contributed by atoms with van der Waals surface area (Å²) in [7, 11) is 0. The van der Waals surface area contributed by atoms with E-state index >= 15 is 4.39 Å². The molecular weight excluding hydrogens is 580 g/mol. The van der Waals surface area contributed by atoms with Crippen LogP contribution in [0.5, 0.6) is 11.6 Å². The zero-order valence-electron chi connectivity index (χ0n) is 24.4. The van der Waals surface area contributed by atoms with E-state index in [1.165, 1.54) is 11.1 Å². The third-order valence-corrected chi connectivity index (χ3v) is 7.95. The summed E-state index contributed by atoms with van der Waals surface area (Å²) in [6.07, 6.45) is 2.49. The zero-order chi connectivity index (χ0) is 31.8. The zero-order valence-corrected chi connectivity index (χ0v) is 24.4. The van der Waals surface area contributed by atoms with Crippen molar-refractivity contribution >= 4 is 28.6 Å². The van der Waals surface area contributed by atoms with Gasteiger partial charge in [0.1, 0.15) is 11.2 Å². The summed E-state index contributed by atoms with van der Waals surface area (Å²) in [5.74, 6) is -4.51. The molecule has 0 spiro atoms. The molecule has 5 rings (SSSR count). The highest BCUT2D eigenvalue weighted by Gasteiger charge is 2.37. The fourth-order valence-electron chi connectivity index (χ4n) is 5.66. The van der Waals surface area contributed by atoms with E-state index < -0.39 is 46.8 Å². The molecule has 1 aliphatic carbocycles. The minimum atomic E-state index is -4.92. The molecule has 1 aromatic carbocycles. The molecule has 8 nitrogen and oxygen atoms in total. The third-order valence-electron chi connectivity index (χ3n) is 7.95. The Kier molecular flexibility index (Phi) is 8.62. The van der Waals surface area contributed by atoms with Crippen LogP contribution >= 0.6 is 0 Å². The second-order valence-electron chi connectivity index (χ2n) is 11.5. The van der Waals surface area contributed by atoms with Gasteiger partial charge in [-0.15, -0.1) is 0 Å². The minimum absolute atomic E-state index is 0.0298. The Hall–Kier alpha value is -4.48. The summed E-state index contributed by atoms with van der Waals surface area (Å²) >= 11 is 0. The smallest absolute Gasteiger partial charge is 0.421 e. The summed E-state index contributed by atoms with van der Waals surface area (Å²) in [6, 6.07) is 7.33. The second kappa shape index (κ2) is 12.3. The number of aromatic nitrogens is 3. The number of ether oxygens (including phenoxy) is 1. The van der Waals surface area contributed by atoms with Gasteiger partial charge in [-0.1, -0.05) is 6.92 Å². The Morgan fingerprint density at radius 2 is 1.84 bits per heavy atom. The Morgan fingerprint density at radius 3 is 2.50 bits per heavy atom. The molecule has 0 atom stereocenters. The Morgan fingerprint density at radius 1 is 1.11 bits per heavy atom.